The maximum Gasteiger partial charge on any atom is 0.323 e. The molecule has 19 heavy (non-hydrogen) atoms. The minimum absolute atomic E-state index is 0.210. The van der Waals surface area contributed by atoms with Gasteiger partial charge in [0.2, 0.25) is 6.20 Å². The number of rotatable bonds is 5. The number of carbonyl (C=O) groups is 1. The van der Waals surface area contributed by atoms with Gasteiger partial charge in [-0.3, -0.25) is 9.78 Å². The normalized spacial score (nSPS) is 10.2. The summed E-state index contributed by atoms with van der Waals surface area (Å²) in [5, 5.41) is 0. The highest BCUT2D eigenvalue weighted by Gasteiger charge is 2.11. The summed E-state index contributed by atoms with van der Waals surface area (Å²) < 4.78 is 1.68. The molecule has 98 valence electrons. The number of nitrogens with one attached hydrogen (secondary N) is 1. The number of hydrogen-bond donors (Lipinski definition) is 1. The second kappa shape index (κ2) is 6.64. The molecule has 2 heterocycles. The molecule has 4 nitrogen and oxygen atoms in total. The van der Waals surface area contributed by atoms with E-state index < -0.39 is 0 Å². The van der Waals surface area contributed by atoms with Gasteiger partial charge in [0.15, 0.2) is 6.20 Å². The van der Waals surface area contributed by atoms with E-state index in [1.165, 1.54) is 5.56 Å². The lowest BCUT2D eigenvalue weighted by molar-refractivity contribution is -0.641. The lowest BCUT2D eigenvalue weighted by Crippen LogP contribution is -2.48. The molecule has 1 N–H and O–H groups in total. The van der Waals surface area contributed by atoms with E-state index in [9.17, 15) is 4.79 Å². The van der Waals surface area contributed by atoms with Gasteiger partial charge in [-0.25, -0.2) is 0 Å². The average Bonchev–Trinajstić information content (AvgIpc) is 2.46. The molecule has 4 heteroatoms. The summed E-state index contributed by atoms with van der Waals surface area (Å²) >= 11 is 0. The summed E-state index contributed by atoms with van der Waals surface area (Å²) in [6.45, 7) is 2.17. The first-order valence-electron chi connectivity index (χ1n) is 6.52. The fourth-order valence-electron chi connectivity index (χ4n) is 1.79. The molecule has 0 unspecified atom stereocenters. The minimum Gasteiger partial charge on any atom is -0.262 e. The molecule has 2 rings (SSSR count). The van der Waals surface area contributed by atoms with Crippen LogP contribution in [0.15, 0.2) is 48.9 Å². The van der Waals surface area contributed by atoms with E-state index in [-0.39, 0.29) is 5.91 Å². The number of aromatic nitrogens is 2. The third kappa shape index (κ3) is 3.88. The van der Waals surface area contributed by atoms with E-state index in [0.29, 0.717) is 5.69 Å². The maximum atomic E-state index is 11.9. The monoisotopic (exact) mass is 256 g/mol. The quantitative estimate of drug-likeness (QED) is 0.833. The molecule has 0 saturated heterocycles. The van der Waals surface area contributed by atoms with Crippen LogP contribution in [-0.2, 0) is 6.42 Å². The van der Waals surface area contributed by atoms with E-state index in [4.69, 9.17) is 0 Å². The Morgan fingerprint density at radius 3 is 2.95 bits per heavy atom. The standard InChI is InChI=1S/C15H17N3O/c1-2-3-7-13-8-6-11-18(12-13)17-15(19)14-9-4-5-10-16-14/h4-6,8-12H,2-3,7H2,1H3/p+1. The van der Waals surface area contributed by atoms with Crippen LogP contribution in [0, 0.1) is 0 Å². The lowest BCUT2D eigenvalue weighted by Gasteiger charge is -2.01. The zero-order valence-electron chi connectivity index (χ0n) is 11.0. The van der Waals surface area contributed by atoms with Gasteiger partial charge in [-0.15, -0.1) is 5.43 Å². The van der Waals surface area contributed by atoms with Crippen LogP contribution >= 0.6 is 0 Å². The second-order valence-electron chi connectivity index (χ2n) is 4.38. The Bertz CT molecular complexity index is 540. The molecule has 0 spiro atoms. The largest absolute Gasteiger partial charge is 0.323 e. The topological polar surface area (TPSA) is 45.9 Å². The average molecular weight is 256 g/mol. The predicted octanol–water partition coefficient (Wildman–Crippen LogP) is 2.10. The summed E-state index contributed by atoms with van der Waals surface area (Å²) in [6.07, 6.45) is 8.70. The Kier molecular flexibility index (Phi) is 4.61. The van der Waals surface area contributed by atoms with Gasteiger partial charge in [0.1, 0.15) is 5.69 Å². The molecular weight excluding hydrogens is 238 g/mol. The molecule has 1 amide bonds. The van der Waals surface area contributed by atoms with Gasteiger partial charge in [0, 0.05) is 17.8 Å². The smallest absolute Gasteiger partial charge is 0.262 e. The summed E-state index contributed by atoms with van der Waals surface area (Å²) in [7, 11) is 0. The second-order valence-corrected chi connectivity index (χ2v) is 4.38. The van der Waals surface area contributed by atoms with Gasteiger partial charge in [-0.2, -0.15) is 0 Å². The van der Waals surface area contributed by atoms with Crippen molar-refractivity contribution in [1.82, 2.24) is 4.98 Å². The fourth-order valence-corrected chi connectivity index (χ4v) is 1.79. The van der Waals surface area contributed by atoms with E-state index in [0.717, 1.165) is 19.3 Å². The first-order chi connectivity index (χ1) is 9.29. The van der Waals surface area contributed by atoms with Crippen molar-refractivity contribution in [3.8, 4) is 0 Å². The number of pyridine rings is 2. The van der Waals surface area contributed by atoms with Gasteiger partial charge in [-0.1, -0.05) is 24.1 Å². The molecule has 0 bridgehead atoms. The lowest BCUT2D eigenvalue weighted by atomic mass is 10.1. The van der Waals surface area contributed by atoms with Gasteiger partial charge in [-0.05, 0) is 31.0 Å². The van der Waals surface area contributed by atoms with Crippen LogP contribution < -0.4 is 10.1 Å². The zero-order valence-corrected chi connectivity index (χ0v) is 11.0. The zero-order chi connectivity index (χ0) is 13.5. The van der Waals surface area contributed by atoms with Crippen molar-refractivity contribution in [3.63, 3.8) is 0 Å². The highest BCUT2D eigenvalue weighted by Crippen LogP contribution is 2.01. The van der Waals surface area contributed by atoms with Gasteiger partial charge in [0.25, 0.3) is 0 Å². The van der Waals surface area contributed by atoms with Crippen LogP contribution in [0.3, 0.4) is 0 Å². The number of nitrogens with zero attached hydrogens (tertiary/aromatic N) is 2. The molecule has 0 radical (unpaired) electrons. The maximum absolute atomic E-state index is 11.9. The van der Waals surface area contributed by atoms with Gasteiger partial charge in [0.05, 0.1) is 0 Å². The fraction of sp³-hybridized carbons (Fsp3) is 0.267. The minimum atomic E-state index is -0.210. The van der Waals surface area contributed by atoms with Crippen molar-refractivity contribution >= 4 is 5.91 Å². The van der Waals surface area contributed by atoms with Gasteiger partial charge < -0.3 is 0 Å². The molecule has 0 atom stereocenters. The number of amides is 1. The SMILES string of the molecule is CCCCc1ccc[n+](NC(=O)c2ccccn2)c1. The van der Waals surface area contributed by atoms with E-state index >= 15 is 0 Å². The Balaban J connectivity index is 2.05. The molecule has 0 aromatic carbocycles. The predicted molar refractivity (Wildman–Crippen MR) is 73.2 cm³/mol. The highest BCUT2D eigenvalue weighted by molar-refractivity contribution is 5.96. The molecule has 2 aromatic rings. The van der Waals surface area contributed by atoms with Crippen molar-refractivity contribution in [3.05, 3.63) is 60.2 Å². The molecule has 0 aliphatic heterocycles. The molecule has 0 saturated carbocycles. The van der Waals surface area contributed by atoms with Crippen LogP contribution in [-0.4, -0.2) is 10.9 Å². The molecular formula is C15H18N3O+. The number of carbonyl (C=O) groups excluding carboxylic acids is 1. The first kappa shape index (κ1) is 13.2. The molecule has 2 aromatic heterocycles. The number of hydrogen-bond acceptors (Lipinski definition) is 2. The molecule has 0 aliphatic carbocycles. The van der Waals surface area contributed by atoms with Crippen molar-refractivity contribution in [2.75, 3.05) is 5.43 Å². The van der Waals surface area contributed by atoms with E-state index in [1.54, 1.807) is 29.1 Å². The number of aryl methyl sites for hydroxylation is 1. The van der Waals surface area contributed by atoms with Crippen molar-refractivity contribution in [2.24, 2.45) is 0 Å². The van der Waals surface area contributed by atoms with Crippen LogP contribution in [0.1, 0.15) is 35.8 Å². The van der Waals surface area contributed by atoms with Crippen molar-refractivity contribution in [1.29, 1.82) is 0 Å². The Morgan fingerprint density at radius 2 is 2.21 bits per heavy atom. The summed E-state index contributed by atoms with van der Waals surface area (Å²) in [5.41, 5.74) is 4.41. The summed E-state index contributed by atoms with van der Waals surface area (Å²) in [4.78, 5) is 16.0. The van der Waals surface area contributed by atoms with E-state index in [2.05, 4.69) is 23.4 Å². The third-order valence-electron chi connectivity index (χ3n) is 2.81. The summed E-state index contributed by atoms with van der Waals surface area (Å²) in [5.74, 6) is -0.210. The van der Waals surface area contributed by atoms with Crippen molar-refractivity contribution in [2.45, 2.75) is 26.2 Å². The Morgan fingerprint density at radius 1 is 1.32 bits per heavy atom. The number of unbranched alkanes of at least 4 members (excludes halogenated alkanes) is 1. The van der Waals surface area contributed by atoms with Crippen molar-refractivity contribution < 1.29 is 9.47 Å². The Hall–Kier alpha value is -2.23. The van der Waals surface area contributed by atoms with Crippen LogP contribution in [0.2, 0.25) is 0 Å². The highest BCUT2D eigenvalue weighted by atomic mass is 16.2. The summed E-state index contributed by atoms with van der Waals surface area (Å²) in [6, 6.07) is 9.28. The third-order valence-corrected chi connectivity index (χ3v) is 2.81. The van der Waals surface area contributed by atoms with E-state index in [1.807, 2.05) is 18.5 Å². The van der Waals surface area contributed by atoms with Crippen LogP contribution in [0.4, 0.5) is 0 Å². The van der Waals surface area contributed by atoms with Gasteiger partial charge >= 0.3 is 5.91 Å². The first-order valence-corrected chi connectivity index (χ1v) is 6.52. The van der Waals surface area contributed by atoms with Crippen LogP contribution in [0.25, 0.3) is 0 Å². The molecule has 0 aliphatic rings. The Labute approximate surface area is 113 Å². The molecule has 0 fully saturated rings. The van der Waals surface area contributed by atoms with Crippen LogP contribution in [0.5, 0.6) is 0 Å².